The first-order chi connectivity index (χ1) is 10.1. The number of likely N-dealkylation sites (N-methyl/N-ethyl adjacent to an activating group) is 1. The van der Waals surface area contributed by atoms with Crippen molar-refractivity contribution in [2.75, 3.05) is 27.3 Å². The summed E-state index contributed by atoms with van der Waals surface area (Å²) in [6.07, 6.45) is 2.65. The summed E-state index contributed by atoms with van der Waals surface area (Å²) in [5, 5.41) is 0. The number of carbonyl (C=O) groups excluding carboxylic acids is 1. The van der Waals surface area contributed by atoms with Crippen LogP contribution in [0.25, 0.3) is 0 Å². The number of para-hydroxylation sites is 2. The Morgan fingerprint density at radius 2 is 2.05 bits per heavy atom. The number of ether oxygens (including phenoxy) is 2. The molecule has 1 amide bonds. The van der Waals surface area contributed by atoms with E-state index in [1.807, 2.05) is 31.3 Å². The summed E-state index contributed by atoms with van der Waals surface area (Å²) in [5.74, 6) is 1.65. The number of rotatable bonds is 6. The molecule has 1 aromatic rings. The first-order valence-electron chi connectivity index (χ1n) is 7.38. The third-order valence-electron chi connectivity index (χ3n) is 3.95. The summed E-state index contributed by atoms with van der Waals surface area (Å²) in [7, 11) is 3.43. The van der Waals surface area contributed by atoms with E-state index in [1.54, 1.807) is 12.0 Å². The zero-order chi connectivity index (χ0) is 15.2. The summed E-state index contributed by atoms with van der Waals surface area (Å²) < 4.78 is 10.9. The standard InChI is InChI=1S/C16H24N2O3/c1-18(16(19)12-7-8-13(17)11-12)9-10-21-15-6-4-3-5-14(15)20-2/h3-6,12-13H,7-11,17H2,1-2H3. The van der Waals surface area contributed by atoms with Gasteiger partial charge in [-0.3, -0.25) is 4.79 Å². The number of nitrogens with two attached hydrogens (primary N) is 1. The van der Waals surface area contributed by atoms with Gasteiger partial charge in [0.1, 0.15) is 6.61 Å². The molecule has 0 saturated heterocycles. The fourth-order valence-corrected chi connectivity index (χ4v) is 2.69. The predicted molar refractivity (Wildman–Crippen MR) is 81.4 cm³/mol. The summed E-state index contributed by atoms with van der Waals surface area (Å²) in [4.78, 5) is 14.0. The highest BCUT2D eigenvalue weighted by Gasteiger charge is 2.29. The van der Waals surface area contributed by atoms with Crippen LogP contribution >= 0.6 is 0 Å². The highest BCUT2D eigenvalue weighted by Crippen LogP contribution is 2.27. The van der Waals surface area contributed by atoms with E-state index in [4.69, 9.17) is 15.2 Å². The number of nitrogens with zero attached hydrogens (tertiary/aromatic N) is 1. The van der Waals surface area contributed by atoms with E-state index in [0.717, 1.165) is 19.3 Å². The van der Waals surface area contributed by atoms with Crippen LogP contribution in [0.5, 0.6) is 11.5 Å². The molecule has 21 heavy (non-hydrogen) atoms. The second-order valence-corrected chi connectivity index (χ2v) is 5.53. The first-order valence-corrected chi connectivity index (χ1v) is 7.38. The lowest BCUT2D eigenvalue weighted by Gasteiger charge is -2.21. The Kier molecular flexibility index (Phi) is 5.44. The lowest BCUT2D eigenvalue weighted by molar-refractivity contribution is -0.134. The number of carbonyl (C=O) groups is 1. The largest absolute Gasteiger partial charge is 0.493 e. The fourth-order valence-electron chi connectivity index (χ4n) is 2.69. The molecule has 1 aliphatic carbocycles. The molecule has 0 radical (unpaired) electrons. The fraction of sp³-hybridized carbons (Fsp3) is 0.562. The van der Waals surface area contributed by atoms with Crippen LogP contribution < -0.4 is 15.2 Å². The molecule has 1 saturated carbocycles. The molecule has 5 heteroatoms. The van der Waals surface area contributed by atoms with Gasteiger partial charge < -0.3 is 20.1 Å². The minimum Gasteiger partial charge on any atom is -0.493 e. The lowest BCUT2D eigenvalue weighted by atomic mass is 10.1. The zero-order valence-electron chi connectivity index (χ0n) is 12.7. The smallest absolute Gasteiger partial charge is 0.225 e. The Labute approximate surface area is 126 Å². The van der Waals surface area contributed by atoms with E-state index in [9.17, 15) is 4.79 Å². The van der Waals surface area contributed by atoms with Crippen LogP contribution in [0.15, 0.2) is 24.3 Å². The molecule has 1 aliphatic rings. The monoisotopic (exact) mass is 292 g/mol. The Morgan fingerprint density at radius 3 is 2.67 bits per heavy atom. The maximum Gasteiger partial charge on any atom is 0.225 e. The molecule has 0 aliphatic heterocycles. The average molecular weight is 292 g/mol. The van der Waals surface area contributed by atoms with E-state index in [1.165, 1.54) is 0 Å². The molecule has 1 fully saturated rings. The molecule has 0 spiro atoms. The second kappa shape index (κ2) is 7.31. The van der Waals surface area contributed by atoms with E-state index in [-0.39, 0.29) is 17.9 Å². The van der Waals surface area contributed by atoms with Crippen LogP contribution in [0.2, 0.25) is 0 Å². The van der Waals surface area contributed by atoms with Gasteiger partial charge in [0.25, 0.3) is 0 Å². The average Bonchev–Trinajstić information content (AvgIpc) is 2.93. The molecule has 116 valence electrons. The molecule has 0 heterocycles. The number of hydrogen-bond donors (Lipinski definition) is 1. The number of amides is 1. The topological polar surface area (TPSA) is 64.8 Å². The van der Waals surface area contributed by atoms with Crippen molar-refractivity contribution in [1.82, 2.24) is 4.90 Å². The zero-order valence-corrected chi connectivity index (χ0v) is 12.7. The lowest BCUT2D eigenvalue weighted by Crippen LogP contribution is -2.35. The third-order valence-corrected chi connectivity index (χ3v) is 3.95. The van der Waals surface area contributed by atoms with Crippen LogP contribution in [0.4, 0.5) is 0 Å². The predicted octanol–water partition coefficient (Wildman–Crippen LogP) is 1.66. The number of methoxy groups -OCH3 is 1. The molecular weight excluding hydrogens is 268 g/mol. The minimum atomic E-state index is 0.0799. The van der Waals surface area contributed by atoms with E-state index in [2.05, 4.69) is 0 Å². The van der Waals surface area contributed by atoms with Gasteiger partial charge in [-0.15, -0.1) is 0 Å². The van der Waals surface area contributed by atoms with Gasteiger partial charge in [0, 0.05) is 19.0 Å². The molecule has 2 N–H and O–H groups in total. The van der Waals surface area contributed by atoms with Crippen molar-refractivity contribution in [2.24, 2.45) is 11.7 Å². The van der Waals surface area contributed by atoms with E-state index >= 15 is 0 Å². The van der Waals surface area contributed by atoms with Crippen LogP contribution in [0, 0.1) is 5.92 Å². The van der Waals surface area contributed by atoms with Gasteiger partial charge in [0.05, 0.1) is 13.7 Å². The molecule has 0 aromatic heterocycles. The summed E-state index contributed by atoms with van der Waals surface area (Å²) in [6, 6.07) is 7.68. The summed E-state index contributed by atoms with van der Waals surface area (Å²) in [5.41, 5.74) is 5.86. The molecule has 1 aromatic carbocycles. The van der Waals surface area contributed by atoms with Crippen LogP contribution in [0.1, 0.15) is 19.3 Å². The van der Waals surface area contributed by atoms with Crippen LogP contribution in [0.3, 0.4) is 0 Å². The van der Waals surface area contributed by atoms with E-state index in [0.29, 0.717) is 24.7 Å². The maximum absolute atomic E-state index is 12.2. The molecule has 0 bridgehead atoms. The van der Waals surface area contributed by atoms with Crippen LogP contribution in [-0.2, 0) is 4.79 Å². The van der Waals surface area contributed by atoms with Crippen molar-refractivity contribution in [1.29, 1.82) is 0 Å². The normalized spacial score (nSPS) is 21.1. The van der Waals surface area contributed by atoms with Crippen molar-refractivity contribution in [2.45, 2.75) is 25.3 Å². The van der Waals surface area contributed by atoms with Crippen molar-refractivity contribution in [3.8, 4) is 11.5 Å². The molecular formula is C16H24N2O3. The van der Waals surface area contributed by atoms with Gasteiger partial charge in [-0.05, 0) is 31.4 Å². The van der Waals surface area contributed by atoms with Gasteiger partial charge in [0.2, 0.25) is 5.91 Å². The Balaban J connectivity index is 1.78. The van der Waals surface area contributed by atoms with E-state index < -0.39 is 0 Å². The summed E-state index contributed by atoms with van der Waals surface area (Å²) in [6.45, 7) is 1.00. The number of benzene rings is 1. The molecule has 5 nitrogen and oxygen atoms in total. The van der Waals surface area contributed by atoms with Crippen molar-refractivity contribution < 1.29 is 14.3 Å². The van der Waals surface area contributed by atoms with Crippen LogP contribution in [-0.4, -0.2) is 44.2 Å². The van der Waals surface area contributed by atoms with Gasteiger partial charge in [-0.1, -0.05) is 12.1 Å². The Bertz CT molecular complexity index is 478. The maximum atomic E-state index is 12.2. The third kappa shape index (κ3) is 4.11. The first kappa shape index (κ1) is 15.6. The van der Waals surface area contributed by atoms with Crippen molar-refractivity contribution in [3.05, 3.63) is 24.3 Å². The quantitative estimate of drug-likeness (QED) is 0.866. The molecule has 2 rings (SSSR count). The SMILES string of the molecule is COc1ccccc1OCCN(C)C(=O)C1CCC(N)C1. The van der Waals surface area contributed by atoms with Gasteiger partial charge in [-0.2, -0.15) is 0 Å². The number of hydrogen-bond acceptors (Lipinski definition) is 4. The summed E-state index contributed by atoms with van der Waals surface area (Å²) >= 11 is 0. The van der Waals surface area contributed by atoms with Gasteiger partial charge in [-0.25, -0.2) is 0 Å². The Morgan fingerprint density at radius 1 is 1.33 bits per heavy atom. The second-order valence-electron chi connectivity index (χ2n) is 5.53. The van der Waals surface area contributed by atoms with Gasteiger partial charge in [0.15, 0.2) is 11.5 Å². The van der Waals surface area contributed by atoms with Gasteiger partial charge >= 0.3 is 0 Å². The highest BCUT2D eigenvalue weighted by atomic mass is 16.5. The molecule has 2 unspecified atom stereocenters. The van der Waals surface area contributed by atoms with Crippen molar-refractivity contribution in [3.63, 3.8) is 0 Å². The molecule has 2 atom stereocenters. The highest BCUT2D eigenvalue weighted by molar-refractivity contribution is 5.78. The Hall–Kier alpha value is -1.75. The van der Waals surface area contributed by atoms with Crippen molar-refractivity contribution >= 4 is 5.91 Å². The minimum absolute atomic E-state index is 0.0799.